The van der Waals surface area contributed by atoms with E-state index in [1.54, 1.807) is 4.90 Å². The third kappa shape index (κ3) is 3.46. The number of carbonyl (C=O) groups excluding carboxylic acids is 1. The Morgan fingerprint density at radius 1 is 0.903 bits per heavy atom. The molecule has 0 aliphatic carbocycles. The molecule has 154 valence electrons. The van der Waals surface area contributed by atoms with Crippen molar-refractivity contribution < 1.29 is 13.6 Å². The van der Waals surface area contributed by atoms with Gasteiger partial charge < -0.3 is 14.8 Å². The van der Waals surface area contributed by atoms with Crippen LogP contribution < -0.4 is 5.32 Å². The lowest BCUT2D eigenvalue weighted by Gasteiger charge is -2.31. The van der Waals surface area contributed by atoms with Gasteiger partial charge in [0.05, 0.1) is 24.0 Å². The molecular weight excluding hydrogens is 396 g/mol. The van der Waals surface area contributed by atoms with Gasteiger partial charge in [-0.1, -0.05) is 48.5 Å². The van der Waals surface area contributed by atoms with Crippen molar-refractivity contribution in [3.63, 3.8) is 0 Å². The second-order valence-electron chi connectivity index (χ2n) is 7.43. The third-order valence-electron chi connectivity index (χ3n) is 5.51. The average molecular weight is 415 g/mol. The second kappa shape index (κ2) is 7.72. The number of benzene rings is 3. The van der Waals surface area contributed by atoms with Crippen molar-refractivity contribution >= 4 is 11.7 Å². The van der Waals surface area contributed by atoms with Gasteiger partial charge in [0.1, 0.15) is 11.6 Å². The maximum absolute atomic E-state index is 14.2. The number of fused-ring (bicyclic) bond motifs is 3. The SMILES string of the molecule is O=C(Nc1cc(F)ccc1F)N1Cc2ccccc2-n2cccc2[C@@H]1c1ccccc1. The lowest BCUT2D eigenvalue weighted by atomic mass is 10.0. The summed E-state index contributed by atoms with van der Waals surface area (Å²) in [6.45, 7) is 0.306. The third-order valence-corrected chi connectivity index (χ3v) is 5.51. The van der Waals surface area contributed by atoms with Crippen LogP contribution in [0.15, 0.2) is 91.1 Å². The first-order chi connectivity index (χ1) is 15.1. The van der Waals surface area contributed by atoms with Crippen molar-refractivity contribution in [3.05, 3.63) is 120 Å². The lowest BCUT2D eigenvalue weighted by Crippen LogP contribution is -2.38. The van der Waals surface area contributed by atoms with E-state index < -0.39 is 23.7 Å². The fraction of sp³-hybridized carbons (Fsp3) is 0.0800. The maximum atomic E-state index is 14.2. The van der Waals surface area contributed by atoms with Gasteiger partial charge in [-0.25, -0.2) is 13.6 Å². The van der Waals surface area contributed by atoms with Gasteiger partial charge in [0.15, 0.2) is 0 Å². The quantitative estimate of drug-likeness (QED) is 0.435. The van der Waals surface area contributed by atoms with Crippen molar-refractivity contribution in [2.45, 2.75) is 12.6 Å². The Bertz CT molecular complexity index is 1250. The molecule has 0 spiro atoms. The number of nitrogens with zero attached hydrogens (tertiary/aromatic N) is 2. The summed E-state index contributed by atoms with van der Waals surface area (Å²) in [5.74, 6) is -1.31. The van der Waals surface area contributed by atoms with Gasteiger partial charge in [0, 0.05) is 18.0 Å². The fourth-order valence-electron chi connectivity index (χ4n) is 4.11. The van der Waals surface area contributed by atoms with Gasteiger partial charge >= 0.3 is 6.03 Å². The lowest BCUT2D eigenvalue weighted by molar-refractivity contribution is 0.194. The molecule has 5 rings (SSSR count). The summed E-state index contributed by atoms with van der Waals surface area (Å²) in [6.07, 6.45) is 1.97. The van der Waals surface area contributed by atoms with E-state index in [9.17, 15) is 13.6 Å². The van der Waals surface area contributed by atoms with E-state index in [-0.39, 0.29) is 5.69 Å². The van der Waals surface area contributed by atoms with E-state index >= 15 is 0 Å². The standard InChI is InChI=1S/C25H19F2N3O/c26-19-12-13-20(27)21(15-19)28-25(31)30-16-18-9-4-5-10-22(18)29-14-6-11-23(29)24(30)17-7-2-1-3-8-17/h1-15,24H,16H2,(H,28,31)/t24-/m0/s1. The smallest absolute Gasteiger partial charge is 0.318 e. The molecule has 2 heterocycles. The summed E-state index contributed by atoms with van der Waals surface area (Å²) in [6, 6.07) is 23.5. The maximum Gasteiger partial charge on any atom is 0.323 e. The molecule has 1 N–H and O–H groups in total. The van der Waals surface area contributed by atoms with Crippen molar-refractivity contribution in [1.29, 1.82) is 0 Å². The number of amides is 2. The van der Waals surface area contributed by atoms with Crippen LogP contribution in [0.1, 0.15) is 22.9 Å². The van der Waals surface area contributed by atoms with E-state index in [0.717, 1.165) is 40.7 Å². The highest BCUT2D eigenvalue weighted by Crippen LogP contribution is 2.36. The Hall–Kier alpha value is -3.93. The fourth-order valence-corrected chi connectivity index (χ4v) is 4.11. The molecule has 31 heavy (non-hydrogen) atoms. The summed E-state index contributed by atoms with van der Waals surface area (Å²) in [5, 5.41) is 2.56. The van der Waals surface area contributed by atoms with Crippen molar-refractivity contribution in [3.8, 4) is 5.69 Å². The van der Waals surface area contributed by atoms with Crippen molar-refractivity contribution in [2.75, 3.05) is 5.32 Å². The first kappa shape index (κ1) is 19.1. The summed E-state index contributed by atoms with van der Waals surface area (Å²) in [5.41, 5.74) is 3.57. The molecule has 6 heteroatoms. The van der Waals surface area contributed by atoms with Crippen molar-refractivity contribution in [1.82, 2.24) is 9.47 Å². The number of aromatic nitrogens is 1. The zero-order chi connectivity index (χ0) is 21.4. The number of para-hydroxylation sites is 1. The second-order valence-corrected chi connectivity index (χ2v) is 7.43. The molecule has 1 atom stereocenters. The van der Waals surface area contributed by atoms with E-state index in [0.29, 0.717) is 6.54 Å². The van der Waals surface area contributed by atoms with Crippen LogP contribution in [0, 0.1) is 11.6 Å². The Labute approximate surface area is 178 Å². The number of hydrogen-bond acceptors (Lipinski definition) is 1. The molecule has 2 amide bonds. The molecule has 0 saturated carbocycles. The number of urea groups is 1. The molecular formula is C25H19F2N3O. The van der Waals surface area contributed by atoms with Gasteiger partial charge in [0.25, 0.3) is 0 Å². The largest absolute Gasteiger partial charge is 0.323 e. The highest BCUT2D eigenvalue weighted by molar-refractivity contribution is 5.90. The first-order valence-corrected chi connectivity index (χ1v) is 9.95. The Morgan fingerprint density at radius 3 is 2.52 bits per heavy atom. The van der Waals surface area contributed by atoms with Gasteiger partial charge in [-0.2, -0.15) is 0 Å². The van der Waals surface area contributed by atoms with Gasteiger partial charge in [-0.05, 0) is 41.5 Å². The summed E-state index contributed by atoms with van der Waals surface area (Å²) in [4.78, 5) is 15.1. The van der Waals surface area contributed by atoms with Crippen LogP contribution in [0.2, 0.25) is 0 Å². The van der Waals surface area contributed by atoms with E-state index in [4.69, 9.17) is 0 Å². The van der Waals surface area contributed by atoms with Crippen LogP contribution in [-0.4, -0.2) is 15.5 Å². The number of rotatable bonds is 2. The van der Waals surface area contributed by atoms with Gasteiger partial charge in [-0.15, -0.1) is 0 Å². The topological polar surface area (TPSA) is 37.3 Å². The molecule has 1 aliphatic rings. The zero-order valence-corrected chi connectivity index (χ0v) is 16.5. The summed E-state index contributed by atoms with van der Waals surface area (Å²) >= 11 is 0. The highest BCUT2D eigenvalue weighted by Gasteiger charge is 2.33. The number of halogens is 2. The molecule has 4 aromatic rings. The number of hydrogen-bond donors (Lipinski definition) is 1. The Morgan fingerprint density at radius 2 is 1.68 bits per heavy atom. The van der Waals surface area contributed by atoms with Crippen LogP contribution in [0.3, 0.4) is 0 Å². The van der Waals surface area contributed by atoms with Crippen molar-refractivity contribution in [2.24, 2.45) is 0 Å². The molecule has 0 radical (unpaired) electrons. The molecule has 1 aliphatic heterocycles. The summed E-state index contributed by atoms with van der Waals surface area (Å²) in [7, 11) is 0. The normalized spacial score (nSPS) is 15.0. The van der Waals surface area contributed by atoms with E-state index in [1.807, 2.05) is 72.9 Å². The average Bonchev–Trinajstić information content (AvgIpc) is 3.21. The minimum atomic E-state index is -0.690. The predicted molar refractivity (Wildman–Crippen MR) is 115 cm³/mol. The predicted octanol–water partition coefficient (Wildman–Crippen LogP) is 5.89. The Balaban J connectivity index is 1.63. The van der Waals surface area contributed by atoms with Crippen LogP contribution in [-0.2, 0) is 6.54 Å². The van der Waals surface area contributed by atoms with Gasteiger partial charge in [0.2, 0.25) is 0 Å². The van der Waals surface area contributed by atoms with E-state index in [2.05, 4.69) is 9.88 Å². The first-order valence-electron chi connectivity index (χ1n) is 9.95. The Kier molecular flexibility index (Phi) is 4.75. The van der Waals surface area contributed by atoms with Crippen LogP contribution in [0.5, 0.6) is 0 Å². The minimum absolute atomic E-state index is 0.190. The highest BCUT2D eigenvalue weighted by atomic mass is 19.1. The zero-order valence-electron chi connectivity index (χ0n) is 16.5. The van der Waals surface area contributed by atoms with Crippen LogP contribution in [0.4, 0.5) is 19.3 Å². The molecule has 0 fully saturated rings. The molecule has 1 aromatic heterocycles. The molecule has 0 unspecified atom stereocenters. The number of carbonyl (C=O) groups is 1. The molecule has 4 nitrogen and oxygen atoms in total. The molecule has 0 bridgehead atoms. The number of nitrogens with one attached hydrogen (secondary N) is 1. The number of anilines is 1. The van der Waals surface area contributed by atoms with Crippen LogP contribution in [0.25, 0.3) is 5.69 Å². The van der Waals surface area contributed by atoms with Crippen LogP contribution >= 0.6 is 0 Å². The molecule has 3 aromatic carbocycles. The summed E-state index contributed by atoms with van der Waals surface area (Å²) < 4.78 is 30.0. The monoisotopic (exact) mass is 415 g/mol. The minimum Gasteiger partial charge on any atom is -0.318 e. The van der Waals surface area contributed by atoms with Gasteiger partial charge in [-0.3, -0.25) is 0 Å². The van der Waals surface area contributed by atoms with E-state index in [1.165, 1.54) is 0 Å². The molecule has 0 saturated heterocycles.